The van der Waals surface area contributed by atoms with E-state index in [-0.39, 0.29) is 4.88 Å². The van der Waals surface area contributed by atoms with Gasteiger partial charge in [-0.2, -0.15) is 0 Å². The summed E-state index contributed by atoms with van der Waals surface area (Å²) in [6, 6.07) is 3.81. The number of aromatic carboxylic acids is 1. The van der Waals surface area contributed by atoms with Crippen molar-refractivity contribution in [3.63, 3.8) is 0 Å². The van der Waals surface area contributed by atoms with Gasteiger partial charge in [0.15, 0.2) is 5.82 Å². The number of hydrogen-bond acceptors (Lipinski definition) is 5. The van der Waals surface area contributed by atoms with Crippen molar-refractivity contribution in [1.29, 1.82) is 0 Å². The van der Waals surface area contributed by atoms with Crippen LogP contribution in [0.2, 0.25) is 5.15 Å². The minimum atomic E-state index is -0.964. The first-order valence-electron chi connectivity index (χ1n) is 5.31. The number of hydrogen-bond donors (Lipinski definition) is 1. The Hall–Kier alpha value is -1.50. The molecule has 0 spiro atoms. The van der Waals surface area contributed by atoms with E-state index in [0.29, 0.717) is 26.8 Å². The van der Waals surface area contributed by atoms with Crippen molar-refractivity contribution in [2.75, 3.05) is 0 Å². The average molecular weight is 311 g/mol. The van der Waals surface area contributed by atoms with Gasteiger partial charge in [0.25, 0.3) is 0 Å². The zero-order chi connectivity index (χ0) is 13.6. The number of fused-ring (bicyclic) bond motifs is 1. The summed E-state index contributed by atoms with van der Waals surface area (Å²) in [6.07, 6.45) is 0. The van der Waals surface area contributed by atoms with Gasteiger partial charge in [-0.15, -0.1) is 22.7 Å². The molecule has 0 atom stereocenters. The largest absolute Gasteiger partial charge is 0.477 e. The number of halogens is 1. The van der Waals surface area contributed by atoms with Crippen LogP contribution in [0.15, 0.2) is 17.5 Å². The Morgan fingerprint density at radius 1 is 1.42 bits per heavy atom. The van der Waals surface area contributed by atoms with Crippen molar-refractivity contribution >= 4 is 50.5 Å². The summed E-state index contributed by atoms with van der Waals surface area (Å²) >= 11 is 8.81. The maximum Gasteiger partial charge on any atom is 0.346 e. The lowest BCUT2D eigenvalue weighted by Gasteiger charge is -1.99. The number of carbonyl (C=O) groups is 1. The summed E-state index contributed by atoms with van der Waals surface area (Å²) in [5.41, 5.74) is 0.621. The molecule has 0 aliphatic rings. The molecule has 0 saturated heterocycles. The lowest BCUT2D eigenvalue weighted by molar-refractivity contribution is 0.0701. The number of carboxylic acids is 1. The summed E-state index contributed by atoms with van der Waals surface area (Å²) in [4.78, 5) is 21.6. The van der Waals surface area contributed by atoms with Crippen LogP contribution >= 0.6 is 34.3 Å². The molecule has 0 aromatic carbocycles. The molecule has 19 heavy (non-hydrogen) atoms. The lowest BCUT2D eigenvalue weighted by Crippen LogP contribution is -1.94. The molecule has 96 valence electrons. The molecule has 0 saturated carbocycles. The molecular formula is C12H7ClN2O2S2. The van der Waals surface area contributed by atoms with Crippen LogP contribution in [0.5, 0.6) is 0 Å². The second kappa shape index (κ2) is 4.56. The maximum absolute atomic E-state index is 11.1. The minimum absolute atomic E-state index is 0.259. The van der Waals surface area contributed by atoms with Gasteiger partial charge in [-0.1, -0.05) is 17.7 Å². The first-order valence-corrected chi connectivity index (χ1v) is 7.39. The van der Waals surface area contributed by atoms with E-state index in [9.17, 15) is 4.79 Å². The molecule has 3 rings (SSSR count). The van der Waals surface area contributed by atoms with Gasteiger partial charge in [-0.05, 0) is 23.9 Å². The lowest BCUT2D eigenvalue weighted by atomic mass is 10.2. The first kappa shape index (κ1) is 12.5. The summed E-state index contributed by atoms with van der Waals surface area (Å²) in [5, 5.41) is 12.0. The molecule has 0 bridgehead atoms. The Bertz CT molecular complexity index is 781. The SMILES string of the molecule is Cc1c(C(=O)O)sc2nc(-c3cccs3)nc(Cl)c12. The number of nitrogens with zero attached hydrogens (tertiary/aromatic N) is 2. The number of aromatic nitrogens is 2. The molecule has 3 aromatic rings. The minimum Gasteiger partial charge on any atom is -0.477 e. The van der Waals surface area contributed by atoms with E-state index in [0.717, 1.165) is 16.2 Å². The highest BCUT2D eigenvalue weighted by Crippen LogP contribution is 2.35. The van der Waals surface area contributed by atoms with Gasteiger partial charge in [0.2, 0.25) is 0 Å². The van der Waals surface area contributed by atoms with E-state index in [4.69, 9.17) is 16.7 Å². The third kappa shape index (κ3) is 2.01. The smallest absolute Gasteiger partial charge is 0.346 e. The summed E-state index contributed by atoms with van der Waals surface area (Å²) in [5.74, 6) is -0.431. The molecule has 0 radical (unpaired) electrons. The molecular weight excluding hydrogens is 304 g/mol. The molecule has 4 nitrogen and oxygen atoms in total. The van der Waals surface area contributed by atoms with Gasteiger partial charge in [0, 0.05) is 0 Å². The molecule has 0 amide bonds. The van der Waals surface area contributed by atoms with Crippen molar-refractivity contribution in [2.45, 2.75) is 6.92 Å². The molecule has 0 aliphatic carbocycles. The quantitative estimate of drug-likeness (QED) is 0.724. The highest BCUT2D eigenvalue weighted by Gasteiger charge is 2.19. The number of aryl methyl sites for hydroxylation is 1. The normalized spacial score (nSPS) is 11.1. The molecule has 0 fully saturated rings. The zero-order valence-corrected chi connectivity index (χ0v) is 12.1. The fourth-order valence-electron chi connectivity index (χ4n) is 1.81. The van der Waals surface area contributed by atoms with Crippen LogP contribution < -0.4 is 0 Å². The van der Waals surface area contributed by atoms with Crippen LogP contribution in [0, 0.1) is 6.92 Å². The topological polar surface area (TPSA) is 63.1 Å². The Labute approximate surface area is 121 Å². The molecule has 3 heterocycles. The second-order valence-electron chi connectivity index (χ2n) is 3.86. The molecule has 0 unspecified atom stereocenters. The fourth-order valence-corrected chi connectivity index (χ4v) is 3.85. The fraction of sp³-hybridized carbons (Fsp3) is 0.0833. The van der Waals surface area contributed by atoms with Crippen LogP contribution in [0.4, 0.5) is 0 Å². The van der Waals surface area contributed by atoms with Gasteiger partial charge in [0.1, 0.15) is 14.9 Å². The zero-order valence-electron chi connectivity index (χ0n) is 9.68. The Balaban J connectivity index is 2.30. The molecule has 7 heteroatoms. The predicted octanol–water partition coefficient (Wildman–Crippen LogP) is 4.08. The number of rotatable bonds is 2. The summed E-state index contributed by atoms with van der Waals surface area (Å²) in [6.45, 7) is 1.72. The van der Waals surface area contributed by atoms with Crippen LogP contribution in [-0.2, 0) is 0 Å². The summed E-state index contributed by atoms with van der Waals surface area (Å²) in [7, 11) is 0. The van der Waals surface area contributed by atoms with E-state index >= 15 is 0 Å². The number of carboxylic acid groups (broad SMARTS) is 1. The second-order valence-corrected chi connectivity index (χ2v) is 6.16. The van der Waals surface area contributed by atoms with E-state index in [1.165, 1.54) is 11.3 Å². The Morgan fingerprint density at radius 2 is 2.21 bits per heavy atom. The van der Waals surface area contributed by atoms with Gasteiger partial charge < -0.3 is 5.11 Å². The highest BCUT2D eigenvalue weighted by molar-refractivity contribution is 7.20. The van der Waals surface area contributed by atoms with E-state index in [2.05, 4.69) is 9.97 Å². The Kier molecular flexibility index (Phi) is 3.00. The average Bonchev–Trinajstić information content (AvgIpc) is 2.96. The van der Waals surface area contributed by atoms with E-state index < -0.39 is 5.97 Å². The van der Waals surface area contributed by atoms with Crippen molar-refractivity contribution < 1.29 is 9.90 Å². The van der Waals surface area contributed by atoms with Gasteiger partial charge in [0.05, 0.1) is 10.3 Å². The van der Waals surface area contributed by atoms with Gasteiger partial charge >= 0.3 is 5.97 Å². The maximum atomic E-state index is 11.1. The predicted molar refractivity (Wildman–Crippen MR) is 77.4 cm³/mol. The van der Waals surface area contributed by atoms with E-state index in [1.54, 1.807) is 6.92 Å². The van der Waals surface area contributed by atoms with Crippen LogP contribution in [0.1, 0.15) is 15.2 Å². The standard InChI is InChI=1S/C12H7ClN2O2S2/c1-5-7-9(13)14-10(6-3-2-4-18-6)15-11(7)19-8(5)12(16)17/h2-4H,1H3,(H,16,17). The van der Waals surface area contributed by atoms with Crippen LogP contribution in [0.25, 0.3) is 20.9 Å². The summed E-state index contributed by atoms with van der Waals surface area (Å²) < 4.78 is 0. The van der Waals surface area contributed by atoms with E-state index in [1.807, 2.05) is 17.5 Å². The van der Waals surface area contributed by atoms with Crippen molar-refractivity contribution in [2.24, 2.45) is 0 Å². The van der Waals surface area contributed by atoms with Crippen LogP contribution in [0.3, 0.4) is 0 Å². The molecule has 1 N–H and O–H groups in total. The van der Waals surface area contributed by atoms with Crippen molar-refractivity contribution in [3.05, 3.63) is 33.1 Å². The van der Waals surface area contributed by atoms with Crippen molar-refractivity contribution in [1.82, 2.24) is 9.97 Å². The first-order chi connectivity index (χ1) is 9.08. The molecule has 3 aromatic heterocycles. The molecule has 0 aliphatic heterocycles. The van der Waals surface area contributed by atoms with Crippen molar-refractivity contribution in [3.8, 4) is 10.7 Å². The Morgan fingerprint density at radius 3 is 2.84 bits per heavy atom. The van der Waals surface area contributed by atoms with Crippen LogP contribution in [-0.4, -0.2) is 21.0 Å². The monoisotopic (exact) mass is 310 g/mol. The third-order valence-electron chi connectivity index (χ3n) is 2.68. The van der Waals surface area contributed by atoms with Gasteiger partial charge in [-0.25, -0.2) is 14.8 Å². The van der Waals surface area contributed by atoms with Gasteiger partial charge in [-0.3, -0.25) is 0 Å². The third-order valence-corrected chi connectivity index (χ3v) is 4.99. The number of thiophene rings is 2. The highest BCUT2D eigenvalue weighted by atomic mass is 35.5.